The van der Waals surface area contributed by atoms with Gasteiger partial charge in [0.1, 0.15) is 17.4 Å². The highest BCUT2D eigenvalue weighted by atomic mass is 35.5. The lowest BCUT2D eigenvalue weighted by atomic mass is 9.91. The van der Waals surface area contributed by atoms with Crippen molar-refractivity contribution in [1.82, 2.24) is 0 Å². The number of oxime groups is 7. The Morgan fingerprint density at radius 1 is 0.365 bits per heavy atom. The van der Waals surface area contributed by atoms with Gasteiger partial charge in [-0.3, -0.25) is 0 Å². The van der Waals surface area contributed by atoms with Crippen molar-refractivity contribution in [3.8, 4) is 5.75 Å². The van der Waals surface area contributed by atoms with Crippen LogP contribution >= 0.6 is 23.2 Å². The van der Waals surface area contributed by atoms with Crippen molar-refractivity contribution in [2.24, 2.45) is 36.1 Å². The minimum Gasteiger partial charge on any atom is -0.496 e. The van der Waals surface area contributed by atoms with Crippen LogP contribution in [0.5, 0.6) is 5.75 Å². The van der Waals surface area contributed by atoms with Crippen LogP contribution in [0.4, 0.5) is 8.78 Å². The number of nitrogens with zero attached hydrogens (tertiary/aromatic N) is 7. The molecule has 0 spiro atoms. The first kappa shape index (κ1) is 72.9. The molecule has 0 aliphatic carbocycles. The van der Waals surface area contributed by atoms with E-state index in [-0.39, 0.29) is 41.2 Å². The number of hydrogen-bond donors (Lipinski definition) is 0. The first-order valence-corrected chi connectivity index (χ1v) is 32.8. The van der Waals surface area contributed by atoms with E-state index in [0.29, 0.717) is 16.5 Å². The van der Waals surface area contributed by atoms with E-state index in [1.165, 1.54) is 62.7 Å². The molecule has 7 heterocycles. The number of ether oxygens (including phenoxy) is 1. The van der Waals surface area contributed by atoms with Crippen molar-refractivity contribution < 1.29 is 47.4 Å². The van der Waals surface area contributed by atoms with Crippen molar-refractivity contribution >= 4 is 63.2 Å². The highest BCUT2D eigenvalue weighted by molar-refractivity contribution is 6.36. The summed E-state index contributed by atoms with van der Waals surface area (Å²) in [6.45, 7) is 26.2. The third-order valence-corrected chi connectivity index (χ3v) is 17.3. The average Bonchev–Trinajstić information content (AvgIpc) is 1.66. The van der Waals surface area contributed by atoms with Gasteiger partial charge in [-0.1, -0.05) is 192 Å². The Balaban J connectivity index is 0.000000143. The summed E-state index contributed by atoms with van der Waals surface area (Å²) in [4.78, 5) is 37.1. The molecule has 7 aromatic rings. The zero-order valence-electron chi connectivity index (χ0n) is 57.3. The lowest BCUT2D eigenvalue weighted by Crippen LogP contribution is -2.20. The molecule has 0 fully saturated rings. The largest absolute Gasteiger partial charge is 0.496 e. The molecule has 5 unspecified atom stereocenters. The maximum atomic E-state index is 13.3. The molecule has 14 rings (SSSR count). The molecule has 19 heteroatoms. The van der Waals surface area contributed by atoms with Crippen molar-refractivity contribution in [1.29, 1.82) is 0 Å². The Kier molecular flexibility index (Phi) is 25.9. The maximum Gasteiger partial charge on any atom is 0.165 e. The van der Waals surface area contributed by atoms with E-state index in [1.54, 1.807) is 26.2 Å². The van der Waals surface area contributed by atoms with E-state index < -0.39 is 17.7 Å². The zero-order valence-corrected chi connectivity index (χ0v) is 58.8. The second-order valence-corrected chi connectivity index (χ2v) is 26.0. The monoisotopic (exact) mass is 1350 g/mol. The molecular weight excluding hydrogens is 1260 g/mol. The summed E-state index contributed by atoms with van der Waals surface area (Å²) in [6.07, 6.45) is 5.20. The Bertz CT molecular complexity index is 3690. The molecule has 15 nitrogen and oxygen atoms in total. The van der Waals surface area contributed by atoms with Gasteiger partial charge in [0.15, 0.2) is 41.7 Å². The van der Waals surface area contributed by atoms with Gasteiger partial charge in [-0.05, 0) is 154 Å². The van der Waals surface area contributed by atoms with Crippen LogP contribution in [-0.2, 0) is 45.1 Å². The summed E-state index contributed by atoms with van der Waals surface area (Å²) in [5.41, 5.74) is 18.4. The van der Waals surface area contributed by atoms with Gasteiger partial charge in [0.05, 0.1) is 52.7 Å². The topological polar surface area (TPSA) is 160 Å². The Labute approximate surface area is 573 Å². The average molecular weight is 1350 g/mol. The van der Waals surface area contributed by atoms with Crippen LogP contribution in [0.2, 0.25) is 10.0 Å². The van der Waals surface area contributed by atoms with Gasteiger partial charge in [0.2, 0.25) is 0 Å². The lowest BCUT2D eigenvalue weighted by molar-refractivity contribution is -0.00756. The summed E-state index contributed by atoms with van der Waals surface area (Å²) < 4.78 is 31.9. The third kappa shape index (κ3) is 19.8. The predicted octanol–water partition coefficient (Wildman–Crippen LogP) is 20.8. The van der Waals surface area contributed by atoms with Gasteiger partial charge in [0.25, 0.3) is 0 Å². The highest BCUT2D eigenvalue weighted by Gasteiger charge is 2.36. The van der Waals surface area contributed by atoms with Crippen LogP contribution in [-0.4, -0.2) is 47.1 Å². The van der Waals surface area contributed by atoms with E-state index in [4.69, 9.17) is 61.8 Å². The van der Waals surface area contributed by atoms with E-state index in [2.05, 4.69) is 150 Å². The van der Waals surface area contributed by atoms with E-state index in [9.17, 15) is 8.78 Å². The van der Waals surface area contributed by atoms with Crippen LogP contribution in [0.25, 0.3) is 0 Å². The molecule has 0 N–H and O–H groups in total. The molecule has 0 bridgehead atoms. The second kappa shape index (κ2) is 34.1. The summed E-state index contributed by atoms with van der Waals surface area (Å²) >= 11 is 12.1. The van der Waals surface area contributed by atoms with Gasteiger partial charge in [-0.2, -0.15) is 0 Å². The van der Waals surface area contributed by atoms with Crippen molar-refractivity contribution in [3.05, 3.63) is 241 Å². The molecule has 0 amide bonds. The molecule has 7 aromatic carbocycles. The fourth-order valence-corrected chi connectivity index (χ4v) is 12.3. The molecule has 7 aliphatic heterocycles. The Morgan fingerprint density at radius 3 is 1.08 bits per heavy atom. The van der Waals surface area contributed by atoms with Crippen LogP contribution in [0, 0.1) is 39.3 Å². The quantitative estimate of drug-likeness (QED) is 0.145. The molecule has 0 saturated carbocycles. The minimum atomic E-state index is -0.615. The summed E-state index contributed by atoms with van der Waals surface area (Å²) in [5.74, 6) is -0.287. The minimum absolute atomic E-state index is 0.0150. The van der Waals surface area contributed by atoms with Gasteiger partial charge in [-0.15, -0.1) is 0 Å². The van der Waals surface area contributed by atoms with Crippen LogP contribution in [0.15, 0.2) is 194 Å². The number of hydrogen-bond acceptors (Lipinski definition) is 15. The van der Waals surface area contributed by atoms with Crippen molar-refractivity contribution in [2.45, 2.75) is 177 Å². The smallest absolute Gasteiger partial charge is 0.165 e. The number of aryl methyl sites for hydroxylation is 4. The molecule has 0 aromatic heterocycles. The van der Waals surface area contributed by atoms with Gasteiger partial charge in [0, 0.05) is 71.7 Å². The molecule has 96 heavy (non-hydrogen) atoms. The Morgan fingerprint density at radius 2 is 0.708 bits per heavy atom. The highest BCUT2D eigenvalue weighted by Crippen LogP contribution is 2.40. The molecular formula is C77H87Cl2F2N7O8. The van der Waals surface area contributed by atoms with E-state index in [1.807, 2.05) is 96.1 Å². The first-order chi connectivity index (χ1) is 45.9. The summed E-state index contributed by atoms with van der Waals surface area (Å²) in [7, 11) is 1.68. The first-order valence-electron chi connectivity index (χ1n) is 32.1. The fraction of sp³-hybridized carbons (Fsp3) is 0.364. The normalized spacial score (nSPS) is 22.1. The summed E-state index contributed by atoms with van der Waals surface area (Å²) in [5, 5.41) is 28.7. The zero-order chi connectivity index (χ0) is 69.1. The van der Waals surface area contributed by atoms with Crippen LogP contribution < -0.4 is 4.74 Å². The third-order valence-electron chi connectivity index (χ3n) is 16.6. The number of halogens is 4. The molecule has 7 atom stereocenters. The number of benzene rings is 7. The Hall–Kier alpha value is -8.93. The summed E-state index contributed by atoms with van der Waals surface area (Å²) in [6, 6.07) is 50.4. The number of methoxy groups -OCH3 is 1. The van der Waals surface area contributed by atoms with Gasteiger partial charge < -0.3 is 38.6 Å². The standard InChI is InChI=1S/C12H15NO2.C12H15NO.3C11H13NO.C10H9Cl2NO.C10H9F2NO/c1-8-5-4-6-10(14-3)12(8)11-7-9(2)13-15-11;1-8-5-4-6-9(2)12(8)11-7-10(3)13-14-11;1-8-3-5-10(6-4-8)11-7-9(2)12-13-11;2*1-9-8-11(2,13-12-9)10-6-4-3-5-7-10;2*1-6-5-9(14-13-6)10-7(11)3-2-4-8(10)12/h4-6,11H,7H2,1-3H3;4-6,11H,7H2,1-3H3;3-6,11H,7H2,1-2H3;2*3-7H,8H2,1-2H3;2*2-4,9H,5H2,1H3/t;;;2*11-;;/m...11../s1. The number of rotatable bonds is 8. The van der Waals surface area contributed by atoms with Crippen LogP contribution in [0.3, 0.4) is 0 Å². The predicted molar refractivity (Wildman–Crippen MR) is 381 cm³/mol. The second-order valence-electron chi connectivity index (χ2n) is 25.2. The van der Waals surface area contributed by atoms with Crippen LogP contribution in [0.1, 0.15) is 199 Å². The molecule has 0 radical (unpaired) electrons. The van der Waals surface area contributed by atoms with Crippen molar-refractivity contribution in [2.75, 3.05) is 7.11 Å². The van der Waals surface area contributed by atoms with E-state index >= 15 is 0 Å². The SMILES string of the molecule is CC1=NOC(c2c(C)cccc2C)C1.CC1=NOC(c2c(Cl)cccc2Cl)C1.CC1=NOC(c2c(F)cccc2F)C1.CC1=NOC(c2ccc(C)cc2)C1.CC1=NO[C@@](C)(c2ccccc2)C1.CC1=NO[C@@](C)(c2ccccc2)C1.COc1cccc(C)c1C1CC(C)=NO1. The van der Waals surface area contributed by atoms with E-state index in [0.717, 1.165) is 95.4 Å². The fourth-order valence-electron chi connectivity index (χ4n) is 11.6. The molecule has 506 valence electrons. The maximum absolute atomic E-state index is 13.3. The molecule has 0 saturated heterocycles. The van der Waals surface area contributed by atoms with Gasteiger partial charge in [-0.25, -0.2) is 8.78 Å². The van der Waals surface area contributed by atoms with Crippen molar-refractivity contribution in [3.63, 3.8) is 0 Å². The van der Waals surface area contributed by atoms with Gasteiger partial charge >= 0.3 is 0 Å². The lowest BCUT2D eigenvalue weighted by Gasteiger charge is -2.21. The molecule has 7 aliphatic rings.